The van der Waals surface area contributed by atoms with Crippen LogP contribution in [0.4, 0.5) is 15.8 Å². The van der Waals surface area contributed by atoms with Gasteiger partial charge in [-0.05, 0) is 66.6 Å². The number of ether oxygens (including phenoxy) is 1. The molecule has 1 aliphatic heterocycles. The Labute approximate surface area is 213 Å². The van der Waals surface area contributed by atoms with Gasteiger partial charge in [0.1, 0.15) is 5.82 Å². The van der Waals surface area contributed by atoms with E-state index in [1.165, 1.54) is 16.8 Å². The van der Waals surface area contributed by atoms with Crippen molar-refractivity contribution in [2.75, 3.05) is 36.5 Å². The van der Waals surface area contributed by atoms with Crippen LogP contribution in [0, 0.1) is 5.82 Å². The van der Waals surface area contributed by atoms with Crippen LogP contribution in [0.5, 0.6) is 0 Å². The summed E-state index contributed by atoms with van der Waals surface area (Å²) in [5.74, 6) is -0.614. The van der Waals surface area contributed by atoms with E-state index >= 15 is 0 Å². The summed E-state index contributed by atoms with van der Waals surface area (Å²) < 4.78 is 19.7. The maximum Gasteiger partial charge on any atom is 0.306 e. The summed E-state index contributed by atoms with van der Waals surface area (Å²) in [7, 11) is 1.96. The number of aliphatic hydroxyl groups is 1. The molecule has 1 unspecified atom stereocenters. The summed E-state index contributed by atoms with van der Waals surface area (Å²) in [6, 6.07) is 21.3. The number of nitrogens with zero attached hydrogens (tertiary/aromatic N) is 2. The zero-order valence-corrected chi connectivity index (χ0v) is 21.1. The van der Waals surface area contributed by atoms with E-state index < -0.39 is 6.10 Å². The number of esters is 1. The van der Waals surface area contributed by atoms with Crippen molar-refractivity contribution >= 4 is 17.3 Å². The van der Waals surface area contributed by atoms with Crippen LogP contribution in [0.2, 0.25) is 0 Å². The molecule has 190 valence electrons. The molecule has 3 aromatic rings. The molecule has 1 heterocycles. The number of β-amino-alcohol motifs (C(OH)–C–C–N with tert-alkyl or cyclic N) is 1. The Bertz CT molecular complexity index is 1170. The second-order valence-electron chi connectivity index (χ2n) is 9.33. The highest BCUT2D eigenvalue weighted by molar-refractivity contribution is 5.69. The van der Waals surface area contributed by atoms with Crippen molar-refractivity contribution in [3.8, 4) is 0 Å². The lowest BCUT2D eigenvalue weighted by atomic mass is 9.95. The maximum atomic E-state index is 14.8. The first-order chi connectivity index (χ1) is 17.5. The van der Waals surface area contributed by atoms with Gasteiger partial charge in [0.25, 0.3) is 0 Å². The van der Waals surface area contributed by atoms with Crippen LogP contribution in [-0.2, 0) is 28.9 Å². The van der Waals surface area contributed by atoms with Crippen molar-refractivity contribution in [2.24, 2.45) is 0 Å². The summed E-state index contributed by atoms with van der Waals surface area (Å²) in [6.07, 6.45) is 1.96. The smallest absolute Gasteiger partial charge is 0.306 e. The fourth-order valence-corrected chi connectivity index (χ4v) is 4.89. The number of aliphatic hydroxyl groups excluding tert-OH is 1. The van der Waals surface area contributed by atoms with Gasteiger partial charge in [0.15, 0.2) is 0 Å². The van der Waals surface area contributed by atoms with Gasteiger partial charge in [-0.1, -0.05) is 48.5 Å². The minimum absolute atomic E-state index is 0.172. The van der Waals surface area contributed by atoms with Gasteiger partial charge >= 0.3 is 5.97 Å². The van der Waals surface area contributed by atoms with E-state index in [0.29, 0.717) is 31.7 Å². The zero-order valence-electron chi connectivity index (χ0n) is 21.1. The SMILES string of the molecule is CCOC(=O)CCc1ccc(N(C)Cc2cccc3c2CCCN3CC(O)c2ccccc2)cc1F. The van der Waals surface area contributed by atoms with E-state index in [-0.39, 0.29) is 18.2 Å². The maximum absolute atomic E-state index is 14.8. The quantitative estimate of drug-likeness (QED) is 0.384. The fourth-order valence-electron chi connectivity index (χ4n) is 4.89. The molecule has 5 nitrogen and oxygen atoms in total. The minimum atomic E-state index is -0.547. The van der Waals surface area contributed by atoms with Crippen LogP contribution in [0.25, 0.3) is 0 Å². The van der Waals surface area contributed by atoms with Crippen LogP contribution in [-0.4, -0.2) is 37.8 Å². The highest BCUT2D eigenvalue weighted by Gasteiger charge is 2.22. The molecule has 36 heavy (non-hydrogen) atoms. The van der Waals surface area contributed by atoms with Crippen molar-refractivity contribution < 1.29 is 19.0 Å². The molecule has 3 aromatic carbocycles. The minimum Gasteiger partial charge on any atom is -0.466 e. The lowest BCUT2D eigenvalue weighted by molar-refractivity contribution is -0.143. The van der Waals surface area contributed by atoms with Crippen LogP contribution in [0.15, 0.2) is 66.7 Å². The van der Waals surface area contributed by atoms with Gasteiger partial charge < -0.3 is 19.6 Å². The van der Waals surface area contributed by atoms with Gasteiger partial charge in [-0.3, -0.25) is 4.79 Å². The molecule has 0 spiro atoms. The van der Waals surface area contributed by atoms with Gasteiger partial charge in [-0.2, -0.15) is 0 Å². The molecule has 6 heteroatoms. The molecule has 1 atom stereocenters. The number of anilines is 2. The van der Waals surface area contributed by atoms with Crippen LogP contribution < -0.4 is 9.80 Å². The first kappa shape index (κ1) is 25.7. The van der Waals surface area contributed by atoms with E-state index in [1.807, 2.05) is 48.3 Å². The molecule has 0 saturated carbocycles. The number of halogens is 1. The predicted molar refractivity (Wildman–Crippen MR) is 142 cm³/mol. The van der Waals surface area contributed by atoms with Gasteiger partial charge in [-0.25, -0.2) is 4.39 Å². The molecule has 0 saturated heterocycles. The number of aryl methyl sites for hydroxylation is 1. The molecule has 0 aromatic heterocycles. The largest absolute Gasteiger partial charge is 0.466 e. The standard InChI is InChI=1S/C30H35FN2O3/c1-3-36-30(35)17-15-22-14-16-25(19-27(22)31)32(2)20-24-11-7-13-28-26(24)12-8-18-33(28)21-29(34)23-9-5-4-6-10-23/h4-7,9-11,13-14,16,19,29,34H,3,8,12,15,17-18,20-21H2,1-2H3. The van der Waals surface area contributed by atoms with E-state index in [9.17, 15) is 14.3 Å². The van der Waals surface area contributed by atoms with Crippen molar-refractivity contribution in [2.45, 2.75) is 45.3 Å². The molecule has 0 radical (unpaired) electrons. The molecule has 0 amide bonds. The number of benzene rings is 3. The average molecular weight is 491 g/mol. The predicted octanol–water partition coefficient (Wildman–Crippen LogP) is 5.44. The molecular weight excluding hydrogens is 455 g/mol. The Kier molecular flexibility index (Phi) is 8.60. The van der Waals surface area contributed by atoms with Crippen molar-refractivity contribution in [3.05, 3.63) is 94.8 Å². The lowest BCUT2D eigenvalue weighted by Crippen LogP contribution is -2.34. The van der Waals surface area contributed by atoms with Crippen LogP contribution in [0.1, 0.15) is 48.1 Å². The van der Waals surface area contributed by atoms with Gasteiger partial charge in [-0.15, -0.1) is 0 Å². The lowest BCUT2D eigenvalue weighted by Gasteiger charge is -2.34. The molecular formula is C30H35FN2O3. The Morgan fingerprint density at radius 1 is 1.11 bits per heavy atom. The van der Waals surface area contributed by atoms with E-state index in [2.05, 4.69) is 23.1 Å². The first-order valence-corrected chi connectivity index (χ1v) is 12.7. The fraction of sp³-hybridized carbons (Fsp3) is 0.367. The third-order valence-electron chi connectivity index (χ3n) is 6.81. The number of hydrogen-bond acceptors (Lipinski definition) is 5. The summed E-state index contributed by atoms with van der Waals surface area (Å²) in [5, 5.41) is 10.8. The van der Waals surface area contributed by atoms with Gasteiger partial charge in [0.2, 0.25) is 0 Å². The number of rotatable bonds is 10. The van der Waals surface area contributed by atoms with Crippen molar-refractivity contribution in [3.63, 3.8) is 0 Å². The van der Waals surface area contributed by atoms with Crippen molar-refractivity contribution in [1.29, 1.82) is 0 Å². The Morgan fingerprint density at radius 3 is 2.67 bits per heavy atom. The molecule has 4 rings (SSSR count). The topological polar surface area (TPSA) is 53.0 Å². The van der Waals surface area contributed by atoms with E-state index in [1.54, 1.807) is 19.1 Å². The summed E-state index contributed by atoms with van der Waals surface area (Å²) in [5.41, 5.74) is 5.90. The highest BCUT2D eigenvalue weighted by Crippen LogP contribution is 2.32. The summed E-state index contributed by atoms with van der Waals surface area (Å²) >= 11 is 0. The number of fused-ring (bicyclic) bond motifs is 1. The third kappa shape index (κ3) is 6.24. The van der Waals surface area contributed by atoms with Crippen molar-refractivity contribution in [1.82, 2.24) is 0 Å². The summed E-state index contributed by atoms with van der Waals surface area (Å²) in [4.78, 5) is 15.9. The molecule has 0 bridgehead atoms. The average Bonchev–Trinajstić information content (AvgIpc) is 2.89. The van der Waals surface area contributed by atoms with Crippen LogP contribution in [0.3, 0.4) is 0 Å². The third-order valence-corrected chi connectivity index (χ3v) is 6.81. The molecule has 0 fully saturated rings. The molecule has 0 aliphatic carbocycles. The second kappa shape index (κ2) is 12.0. The highest BCUT2D eigenvalue weighted by atomic mass is 19.1. The number of carbonyl (C=O) groups excluding carboxylic acids is 1. The Balaban J connectivity index is 1.45. The summed E-state index contributed by atoms with van der Waals surface area (Å²) in [6.45, 7) is 4.21. The zero-order chi connectivity index (χ0) is 25.5. The molecule has 1 N–H and O–H groups in total. The van der Waals surface area contributed by atoms with Crippen LogP contribution >= 0.6 is 0 Å². The number of hydrogen-bond donors (Lipinski definition) is 1. The molecule has 1 aliphatic rings. The monoisotopic (exact) mass is 490 g/mol. The van der Waals surface area contributed by atoms with E-state index in [0.717, 1.165) is 30.6 Å². The Morgan fingerprint density at radius 2 is 1.92 bits per heavy atom. The van der Waals surface area contributed by atoms with Gasteiger partial charge in [0.05, 0.1) is 12.7 Å². The van der Waals surface area contributed by atoms with E-state index in [4.69, 9.17) is 4.74 Å². The first-order valence-electron chi connectivity index (χ1n) is 12.7. The second-order valence-corrected chi connectivity index (χ2v) is 9.33. The number of carbonyl (C=O) groups is 1. The normalized spacial score (nSPS) is 13.7. The Hall–Kier alpha value is -3.38. The van der Waals surface area contributed by atoms with Gasteiger partial charge in [0, 0.05) is 44.5 Å².